The Labute approximate surface area is 131 Å². The Morgan fingerprint density at radius 1 is 1.00 bits per heavy atom. The lowest BCUT2D eigenvalue weighted by molar-refractivity contribution is -0.149. The molecule has 3 rings (SSSR count). The van der Waals surface area contributed by atoms with Crippen LogP contribution in [0.3, 0.4) is 0 Å². The molecule has 0 aliphatic carbocycles. The molecule has 0 radical (unpaired) electrons. The Morgan fingerprint density at radius 3 is 2.27 bits per heavy atom. The first kappa shape index (κ1) is 14.4. The molecule has 5 heteroatoms. The highest BCUT2D eigenvalue weighted by atomic mass is 35.5. The second-order valence-corrected chi connectivity index (χ2v) is 5.23. The van der Waals surface area contributed by atoms with Crippen molar-refractivity contribution in [3.05, 3.63) is 76.3 Å². The van der Waals surface area contributed by atoms with E-state index < -0.39 is 17.9 Å². The zero-order valence-electron chi connectivity index (χ0n) is 11.3. The Balaban J connectivity index is 2.11. The minimum absolute atomic E-state index is 0.0569. The Kier molecular flexibility index (Phi) is 3.69. The van der Waals surface area contributed by atoms with E-state index in [0.29, 0.717) is 16.1 Å². The summed E-state index contributed by atoms with van der Waals surface area (Å²) in [5, 5.41) is 10.9. The van der Waals surface area contributed by atoms with Gasteiger partial charge in [-0.15, -0.1) is 0 Å². The summed E-state index contributed by atoms with van der Waals surface area (Å²) in [5.41, 5.74) is 0.961. The van der Waals surface area contributed by atoms with Crippen molar-refractivity contribution in [2.45, 2.75) is 6.10 Å². The van der Waals surface area contributed by atoms with Crippen LogP contribution in [0, 0.1) is 0 Å². The van der Waals surface area contributed by atoms with Gasteiger partial charge < -0.3 is 9.84 Å². The van der Waals surface area contributed by atoms with Crippen LogP contribution in [-0.4, -0.2) is 16.9 Å². The number of hydrogen-bond donors (Lipinski definition) is 1. The monoisotopic (exact) mass is 314 g/mol. The fraction of sp³-hybridized carbons (Fsp3) is 0.0588. The number of carbonyl (C=O) groups is 2. The molecule has 1 saturated heterocycles. The summed E-state index contributed by atoms with van der Waals surface area (Å²) in [6.07, 6.45) is -0.906. The number of hydrogen-bond acceptors (Lipinski definition) is 4. The standard InChI is InChI=1S/C17H11ClO4/c18-12-8-6-10(7-9-12)14(19)13-15(20)17(21)22-16(13)11-4-2-1-3-5-11/h1-9,16,19H/b14-13-/t16-/m1/s1. The van der Waals surface area contributed by atoms with Gasteiger partial charge >= 0.3 is 5.97 Å². The van der Waals surface area contributed by atoms with Crippen LogP contribution in [0.2, 0.25) is 5.02 Å². The molecular weight excluding hydrogens is 304 g/mol. The molecular formula is C17H11ClO4. The van der Waals surface area contributed by atoms with E-state index in [9.17, 15) is 14.7 Å². The molecule has 1 fully saturated rings. The van der Waals surface area contributed by atoms with E-state index in [-0.39, 0.29) is 11.3 Å². The lowest BCUT2D eigenvalue weighted by Crippen LogP contribution is -2.08. The van der Waals surface area contributed by atoms with Crippen molar-refractivity contribution in [1.82, 2.24) is 0 Å². The second-order valence-electron chi connectivity index (χ2n) is 4.79. The van der Waals surface area contributed by atoms with Gasteiger partial charge in [-0.2, -0.15) is 0 Å². The Hall–Kier alpha value is -2.59. The van der Waals surface area contributed by atoms with Gasteiger partial charge in [-0.05, 0) is 29.8 Å². The van der Waals surface area contributed by atoms with Crippen molar-refractivity contribution >= 4 is 29.1 Å². The summed E-state index contributed by atoms with van der Waals surface area (Å²) in [7, 11) is 0. The van der Waals surface area contributed by atoms with Gasteiger partial charge in [0, 0.05) is 10.6 Å². The minimum Gasteiger partial charge on any atom is -0.507 e. The maximum Gasteiger partial charge on any atom is 0.380 e. The number of cyclic esters (lactones) is 1. The first-order valence-electron chi connectivity index (χ1n) is 6.57. The molecule has 1 aliphatic rings. The highest BCUT2D eigenvalue weighted by Crippen LogP contribution is 2.36. The van der Waals surface area contributed by atoms with E-state index in [1.54, 1.807) is 48.5 Å². The Morgan fingerprint density at radius 2 is 1.64 bits per heavy atom. The summed E-state index contributed by atoms with van der Waals surface area (Å²) in [5.74, 6) is -2.08. The molecule has 1 N–H and O–H groups in total. The van der Waals surface area contributed by atoms with Crippen molar-refractivity contribution in [2.24, 2.45) is 0 Å². The molecule has 4 nitrogen and oxygen atoms in total. The lowest BCUT2D eigenvalue weighted by atomic mass is 9.97. The fourth-order valence-electron chi connectivity index (χ4n) is 2.31. The molecule has 110 valence electrons. The van der Waals surface area contributed by atoms with Crippen LogP contribution >= 0.6 is 11.6 Å². The van der Waals surface area contributed by atoms with Crippen molar-refractivity contribution in [2.75, 3.05) is 0 Å². The summed E-state index contributed by atoms with van der Waals surface area (Å²) in [6.45, 7) is 0. The van der Waals surface area contributed by atoms with Crippen molar-refractivity contribution in [3.63, 3.8) is 0 Å². The second kappa shape index (κ2) is 5.66. The zero-order valence-corrected chi connectivity index (χ0v) is 12.1. The lowest BCUT2D eigenvalue weighted by Gasteiger charge is -2.12. The van der Waals surface area contributed by atoms with Gasteiger partial charge in [0.05, 0.1) is 5.57 Å². The number of Topliss-reactive ketones (excluding diaryl/α,β-unsaturated/α-hetero) is 1. The average Bonchev–Trinajstić information content (AvgIpc) is 2.84. The van der Waals surface area contributed by atoms with Gasteiger partial charge in [0.2, 0.25) is 0 Å². The van der Waals surface area contributed by atoms with Crippen LogP contribution in [-0.2, 0) is 14.3 Å². The molecule has 0 aromatic heterocycles. The van der Waals surface area contributed by atoms with Crippen LogP contribution in [0.25, 0.3) is 5.76 Å². The van der Waals surface area contributed by atoms with Crippen LogP contribution in [0.15, 0.2) is 60.2 Å². The van der Waals surface area contributed by atoms with E-state index in [1.165, 1.54) is 0 Å². The third-order valence-electron chi connectivity index (χ3n) is 3.39. The smallest absolute Gasteiger partial charge is 0.380 e. The highest BCUT2D eigenvalue weighted by Gasteiger charge is 2.42. The number of ketones is 1. The number of benzene rings is 2. The summed E-state index contributed by atoms with van der Waals surface area (Å²) >= 11 is 5.81. The molecule has 2 aromatic carbocycles. The molecule has 0 spiro atoms. The van der Waals surface area contributed by atoms with Crippen molar-refractivity contribution in [3.8, 4) is 0 Å². The van der Waals surface area contributed by atoms with E-state index in [1.807, 2.05) is 6.07 Å². The molecule has 1 aliphatic heterocycles. The number of ether oxygens (including phenoxy) is 1. The zero-order chi connectivity index (χ0) is 15.7. The quantitative estimate of drug-likeness (QED) is 0.399. The molecule has 22 heavy (non-hydrogen) atoms. The summed E-state index contributed by atoms with van der Waals surface area (Å²) in [6, 6.07) is 15.1. The minimum atomic E-state index is -0.968. The SMILES string of the molecule is O=C1O[C@H](c2ccccc2)/C(=C(\O)c2ccc(Cl)cc2)C1=O. The van der Waals surface area contributed by atoms with E-state index in [0.717, 1.165) is 0 Å². The topological polar surface area (TPSA) is 63.6 Å². The van der Waals surface area contributed by atoms with Gasteiger partial charge in [-0.3, -0.25) is 4.79 Å². The van der Waals surface area contributed by atoms with Gasteiger partial charge in [-0.1, -0.05) is 41.9 Å². The van der Waals surface area contributed by atoms with Crippen LogP contribution in [0.4, 0.5) is 0 Å². The number of carbonyl (C=O) groups excluding carboxylic acids is 2. The van der Waals surface area contributed by atoms with Gasteiger partial charge in [0.15, 0.2) is 6.10 Å². The number of halogens is 1. The van der Waals surface area contributed by atoms with Crippen molar-refractivity contribution in [1.29, 1.82) is 0 Å². The van der Waals surface area contributed by atoms with Gasteiger partial charge in [-0.25, -0.2) is 4.79 Å². The predicted octanol–water partition coefficient (Wildman–Crippen LogP) is 3.48. The fourth-order valence-corrected chi connectivity index (χ4v) is 2.43. The molecule has 0 amide bonds. The van der Waals surface area contributed by atoms with E-state index >= 15 is 0 Å². The normalized spacial score (nSPS) is 20.0. The number of rotatable bonds is 2. The third-order valence-corrected chi connectivity index (χ3v) is 3.64. The predicted molar refractivity (Wildman–Crippen MR) is 81.3 cm³/mol. The molecule has 0 unspecified atom stereocenters. The Bertz CT molecular complexity index is 763. The van der Waals surface area contributed by atoms with Crippen molar-refractivity contribution < 1.29 is 19.4 Å². The van der Waals surface area contributed by atoms with Crippen LogP contribution < -0.4 is 0 Å². The summed E-state index contributed by atoms with van der Waals surface area (Å²) < 4.78 is 5.11. The molecule has 1 atom stereocenters. The number of esters is 1. The highest BCUT2D eigenvalue weighted by molar-refractivity contribution is 6.44. The largest absolute Gasteiger partial charge is 0.507 e. The third kappa shape index (κ3) is 2.49. The molecule has 0 saturated carbocycles. The number of aliphatic hydroxyl groups excluding tert-OH is 1. The number of aliphatic hydroxyl groups is 1. The molecule has 0 bridgehead atoms. The van der Waals surface area contributed by atoms with E-state index in [4.69, 9.17) is 16.3 Å². The first-order chi connectivity index (χ1) is 10.6. The maximum absolute atomic E-state index is 12.1. The van der Waals surface area contributed by atoms with E-state index in [2.05, 4.69) is 0 Å². The molecule has 2 aromatic rings. The van der Waals surface area contributed by atoms with Gasteiger partial charge in [0.1, 0.15) is 5.76 Å². The van der Waals surface area contributed by atoms with Crippen LogP contribution in [0.1, 0.15) is 17.2 Å². The summed E-state index contributed by atoms with van der Waals surface area (Å²) in [4.78, 5) is 23.7. The first-order valence-corrected chi connectivity index (χ1v) is 6.95. The average molecular weight is 315 g/mol. The van der Waals surface area contributed by atoms with Crippen LogP contribution in [0.5, 0.6) is 0 Å². The maximum atomic E-state index is 12.1. The molecule has 1 heterocycles. The van der Waals surface area contributed by atoms with Gasteiger partial charge in [0.25, 0.3) is 5.78 Å².